The average molecular weight is 324 g/mol. The molecule has 0 saturated carbocycles. The van der Waals surface area contributed by atoms with E-state index in [0.717, 1.165) is 11.3 Å². The van der Waals surface area contributed by atoms with E-state index < -0.39 is 10.0 Å². The van der Waals surface area contributed by atoms with E-state index >= 15 is 0 Å². The van der Waals surface area contributed by atoms with Gasteiger partial charge in [-0.05, 0) is 26.9 Å². The van der Waals surface area contributed by atoms with E-state index in [0.29, 0.717) is 24.7 Å². The lowest BCUT2D eigenvalue weighted by atomic mass is 10.1. The van der Waals surface area contributed by atoms with Gasteiger partial charge in [0.1, 0.15) is 0 Å². The van der Waals surface area contributed by atoms with Crippen LogP contribution in [0.25, 0.3) is 0 Å². The summed E-state index contributed by atoms with van der Waals surface area (Å²) in [4.78, 5) is 6.07. The Kier molecular flexibility index (Phi) is 4.23. The first-order valence-corrected chi connectivity index (χ1v) is 8.66. The van der Waals surface area contributed by atoms with Crippen LogP contribution in [0.1, 0.15) is 12.6 Å². The number of hydrogen-bond acceptors (Lipinski definition) is 5. The van der Waals surface area contributed by atoms with Crippen LogP contribution in [-0.2, 0) is 10.0 Å². The summed E-state index contributed by atoms with van der Waals surface area (Å²) in [7, 11) is 0.487. The second-order valence-electron chi connectivity index (χ2n) is 5.17. The molecule has 1 aliphatic heterocycles. The molecule has 0 aromatic carbocycles. The van der Waals surface area contributed by atoms with E-state index in [2.05, 4.69) is 16.8 Å². The highest BCUT2D eigenvalue weighted by Crippen LogP contribution is 2.32. The molecule has 1 fully saturated rings. The molecule has 2 rings (SSSR count). The molecule has 108 valence electrons. The third-order valence-electron chi connectivity index (χ3n) is 3.50. The van der Waals surface area contributed by atoms with Crippen molar-refractivity contribution in [2.45, 2.75) is 24.1 Å². The van der Waals surface area contributed by atoms with Crippen LogP contribution in [0.15, 0.2) is 4.21 Å². The second kappa shape index (κ2) is 5.29. The number of hydrogen-bond donors (Lipinski definition) is 0. The molecule has 0 radical (unpaired) electrons. The molecule has 0 bridgehead atoms. The minimum atomic E-state index is -3.47. The normalized spacial score (nSPS) is 25.4. The van der Waals surface area contributed by atoms with Crippen molar-refractivity contribution in [2.24, 2.45) is 5.92 Å². The zero-order valence-corrected chi connectivity index (χ0v) is 13.8. The van der Waals surface area contributed by atoms with Crippen molar-refractivity contribution in [3.8, 4) is 0 Å². The molecule has 2 unspecified atom stereocenters. The Balaban J connectivity index is 2.30. The van der Waals surface area contributed by atoms with Gasteiger partial charge in [0.25, 0.3) is 10.0 Å². The fourth-order valence-electron chi connectivity index (χ4n) is 2.48. The predicted octanol–water partition coefficient (Wildman–Crippen LogP) is 1.68. The van der Waals surface area contributed by atoms with Gasteiger partial charge in [0.05, 0.1) is 5.69 Å². The Morgan fingerprint density at radius 2 is 2.05 bits per heavy atom. The van der Waals surface area contributed by atoms with E-state index in [1.54, 1.807) is 11.2 Å². The maximum atomic E-state index is 12.6. The molecule has 0 amide bonds. The molecule has 0 spiro atoms. The Bertz CT molecular complexity index is 570. The summed E-state index contributed by atoms with van der Waals surface area (Å²) in [5, 5.41) is 0. The number of likely N-dealkylation sites (N-methyl/N-ethyl adjacent to an activating group) is 1. The van der Waals surface area contributed by atoms with E-state index in [-0.39, 0.29) is 14.7 Å². The average Bonchev–Trinajstić information content (AvgIpc) is 2.82. The Hall–Kier alpha value is -0.210. The molecule has 0 N–H and O–H groups in total. The lowest BCUT2D eigenvalue weighted by Crippen LogP contribution is -2.35. The van der Waals surface area contributed by atoms with Crippen LogP contribution < -0.4 is 0 Å². The second-order valence-corrected chi connectivity index (χ2v) is 8.88. The number of aryl methyl sites for hydroxylation is 1. The first-order valence-electron chi connectivity index (χ1n) is 6.03. The maximum Gasteiger partial charge on any atom is 0.254 e. The van der Waals surface area contributed by atoms with Crippen LogP contribution in [0, 0.1) is 12.8 Å². The standard InChI is InChI=1S/C11H18ClN3O2S2/c1-7-5-15(6-9(7)14(3)4)19(16,17)10-8(2)13-11(12)18-10/h7,9H,5-6H2,1-4H3. The van der Waals surface area contributed by atoms with Crippen molar-refractivity contribution in [3.05, 3.63) is 10.2 Å². The van der Waals surface area contributed by atoms with Gasteiger partial charge in [0, 0.05) is 19.1 Å². The number of halogens is 1. The molecule has 1 aromatic rings. The van der Waals surface area contributed by atoms with Crippen LogP contribution >= 0.6 is 22.9 Å². The SMILES string of the molecule is Cc1nc(Cl)sc1S(=O)(=O)N1CC(C)C(N(C)C)C1. The largest absolute Gasteiger partial charge is 0.305 e. The highest BCUT2D eigenvalue weighted by atomic mass is 35.5. The van der Waals surface area contributed by atoms with E-state index in [1.807, 2.05) is 14.1 Å². The van der Waals surface area contributed by atoms with Crippen LogP contribution in [0.4, 0.5) is 0 Å². The highest BCUT2D eigenvalue weighted by Gasteiger charge is 2.39. The Morgan fingerprint density at radius 1 is 1.42 bits per heavy atom. The molecule has 2 heterocycles. The smallest absolute Gasteiger partial charge is 0.254 e. The van der Waals surface area contributed by atoms with Crippen molar-refractivity contribution in [1.29, 1.82) is 0 Å². The van der Waals surface area contributed by atoms with Crippen LogP contribution in [0.3, 0.4) is 0 Å². The van der Waals surface area contributed by atoms with Gasteiger partial charge in [-0.2, -0.15) is 4.31 Å². The molecule has 1 saturated heterocycles. The van der Waals surface area contributed by atoms with Crippen molar-refractivity contribution in [2.75, 3.05) is 27.2 Å². The first-order chi connectivity index (χ1) is 8.73. The van der Waals surface area contributed by atoms with Gasteiger partial charge in [-0.3, -0.25) is 0 Å². The van der Waals surface area contributed by atoms with Gasteiger partial charge in [-0.15, -0.1) is 0 Å². The third kappa shape index (κ3) is 2.80. The van der Waals surface area contributed by atoms with Crippen molar-refractivity contribution in [1.82, 2.24) is 14.2 Å². The number of aromatic nitrogens is 1. The summed E-state index contributed by atoms with van der Waals surface area (Å²) >= 11 is 6.83. The molecule has 19 heavy (non-hydrogen) atoms. The van der Waals surface area contributed by atoms with Gasteiger partial charge < -0.3 is 4.90 Å². The lowest BCUT2D eigenvalue weighted by Gasteiger charge is -2.22. The van der Waals surface area contributed by atoms with Crippen molar-refractivity contribution >= 4 is 33.0 Å². The van der Waals surface area contributed by atoms with Crippen LogP contribution in [0.2, 0.25) is 4.47 Å². The zero-order valence-electron chi connectivity index (χ0n) is 11.4. The predicted molar refractivity (Wildman–Crippen MR) is 77.3 cm³/mol. The van der Waals surface area contributed by atoms with Gasteiger partial charge in [-0.25, -0.2) is 13.4 Å². The van der Waals surface area contributed by atoms with Gasteiger partial charge in [-0.1, -0.05) is 29.9 Å². The third-order valence-corrected chi connectivity index (χ3v) is 7.18. The van der Waals surface area contributed by atoms with Gasteiger partial charge >= 0.3 is 0 Å². The fraction of sp³-hybridized carbons (Fsp3) is 0.727. The summed E-state index contributed by atoms with van der Waals surface area (Å²) in [6.07, 6.45) is 0. The van der Waals surface area contributed by atoms with Crippen molar-refractivity contribution < 1.29 is 8.42 Å². The molecule has 2 atom stereocenters. The monoisotopic (exact) mass is 323 g/mol. The van der Waals surface area contributed by atoms with Crippen LogP contribution in [0.5, 0.6) is 0 Å². The summed E-state index contributed by atoms with van der Waals surface area (Å²) in [6.45, 7) is 4.82. The molecular formula is C11H18ClN3O2S2. The first kappa shape index (κ1) is 15.2. The quantitative estimate of drug-likeness (QED) is 0.849. The lowest BCUT2D eigenvalue weighted by molar-refractivity contribution is 0.263. The minimum absolute atomic E-state index is 0.249. The number of thiazole rings is 1. The summed E-state index contributed by atoms with van der Waals surface area (Å²) < 4.78 is 27.3. The van der Waals surface area contributed by atoms with Crippen LogP contribution in [-0.4, -0.2) is 55.8 Å². The highest BCUT2D eigenvalue weighted by molar-refractivity contribution is 7.91. The number of sulfonamides is 1. The fourth-order valence-corrected chi connectivity index (χ4v) is 5.91. The van der Waals surface area contributed by atoms with Gasteiger partial charge in [0.2, 0.25) is 0 Å². The van der Waals surface area contributed by atoms with E-state index in [4.69, 9.17) is 11.6 Å². The molecular weight excluding hydrogens is 306 g/mol. The number of nitrogens with zero attached hydrogens (tertiary/aromatic N) is 3. The van der Waals surface area contributed by atoms with Gasteiger partial charge in [0.15, 0.2) is 8.68 Å². The number of rotatable bonds is 3. The van der Waals surface area contributed by atoms with E-state index in [1.165, 1.54) is 0 Å². The molecule has 8 heteroatoms. The summed E-state index contributed by atoms with van der Waals surface area (Å²) in [6, 6.07) is 0.249. The Morgan fingerprint density at radius 3 is 2.47 bits per heavy atom. The molecule has 1 aromatic heterocycles. The van der Waals surface area contributed by atoms with Crippen molar-refractivity contribution in [3.63, 3.8) is 0 Å². The zero-order chi connectivity index (χ0) is 14.4. The molecule has 5 nitrogen and oxygen atoms in total. The topological polar surface area (TPSA) is 53.5 Å². The Labute approximate surface area is 123 Å². The molecule has 0 aliphatic carbocycles. The minimum Gasteiger partial charge on any atom is -0.305 e. The summed E-state index contributed by atoms with van der Waals surface area (Å²) in [5.74, 6) is 0.313. The molecule has 1 aliphatic rings. The van der Waals surface area contributed by atoms with E-state index in [9.17, 15) is 8.42 Å². The summed E-state index contributed by atoms with van der Waals surface area (Å²) in [5.41, 5.74) is 0.482. The maximum absolute atomic E-state index is 12.6.